The zero-order valence-corrected chi connectivity index (χ0v) is 11.7. The maximum absolute atomic E-state index is 11.9. The average molecular weight is 264 g/mol. The summed E-state index contributed by atoms with van der Waals surface area (Å²) in [6.07, 6.45) is 5.11. The van der Waals surface area contributed by atoms with Crippen LogP contribution < -0.4 is 0 Å². The van der Waals surface area contributed by atoms with Crippen LogP contribution in [0.2, 0.25) is 0 Å². The van der Waals surface area contributed by atoms with Gasteiger partial charge in [-0.2, -0.15) is 0 Å². The lowest BCUT2D eigenvalue weighted by Gasteiger charge is -2.28. The molecule has 1 aliphatic carbocycles. The van der Waals surface area contributed by atoms with Gasteiger partial charge in [0.05, 0.1) is 6.42 Å². The van der Waals surface area contributed by atoms with E-state index in [0.717, 1.165) is 16.9 Å². The molecule has 3 heteroatoms. The number of thiol groups is 1. The maximum Gasteiger partial charge on any atom is 0.310 e. The SMILES string of the molecule is CC1CCCCC1OC(=O)Cc1ccc(S)cc1. The predicted molar refractivity (Wildman–Crippen MR) is 74.9 cm³/mol. The highest BCUT2D eigenvalue weighted by molar-refractivity contribution is 7.80. The molecule has 98 valence electrons. The van der Waals surface area contributed by atoms with E-state index in [1.165, 1.54) is 19.3 Å². The second kappa shape index (κ2) is 6.28. The maximum atomic E-state index is 11.9. The molecular weight excluding hydrogens is 244 g/mol. The van der Waals surface area contributed by atoms with E-state index >= 15 is 0 Å². The molecule has 0 amide bonds. The Balaban J connectivity index is 1.86. The third kappa shape index (κ3) is 3.77. The zero-order valence-electron chi connectivity index (χ0n) is 10.8. The Hall–Kier alpha value is -0.960. The predicted octanol–water partition coefficient (Wildman–Crippen LogP) is 3.64. The van der Waals surface area contributed by atoms with Gasteiger partial charge in [-0.1, -0.05) is 25.5 Å². The van der Waals surface area contributed by atoms with E-state index in [2.05, 4.69) is 19.6 Å². The van der Waals surface area contributed by atoms with Gasteiger partial charge in [0.1, 0.15) is 6.10 Å². The van der Waals surface area contributed by atoms with E-state index in [0.29, 0.717) is 12.3 Å². The van der Waals surface area contributed by atoms with E-state index in [1.807, 2.05) is 24.3 Å². The van der Waals surface area contributed by atoms with Crippen molar-refractivity contribution in [3.63, 3.8) is 0 Å². The van der Waals surface area contributed by atoms with E-state index in [1.54, 1.807) is 0 Å². The van der Waals surface area contributed by atoms with Crippen molar-refractivity contribution in [1.82, 2.24) is 0 Å². The molecule has 1 aromatic rings. The number of carbonyl (C=O) groups excluding carboxylic acids is 1. The van der Waals surface area contributed by atoms with Gasteiger partial charge in [-0.05, 0) is 42.9 Å². The van der Waals surface area contributed by atoms with Gasteiger partial charge in [0.25, 0.3) is 0 Å². The summed E-state index contributed by atoms with van der Waals surface area (Å²) in [5.41, 5.74) is 0.987. The first-order valence-electron chi connectivity index (χ1n) is 6.62. The van der Waals surface area contributed by atoms with Crippen LogP contribution in [0.1, 0.15) is 38.2 Å². The van der Waals surface area contributed by atoms with Crippen LogP contribution in [0.5, 0.6) is 0 Å². The minimum absolute atomic E-state index is 0.110. The lowest BCUT2D eigenvalue weighted by Crippen LogP contribution is -2.28. The van der Waals surface area contributed by atoms with Crippen LogP contribution in [-0.4, -0.2) is 12.1 Å². The molecule has 0 saturated heterocycles. The molecule has 1 aliphatic rings. The fraction of sp³-hybridized carbons (Fsp3) is 0.533. The van der Waals surface area contributed by atoms with Crippen LogP contribution in [0.15, 0.2) is 29.2 Å². The van der Waals surface area contributed by atoms with Crippen LogP contribution >= 0.6 is 12.6 Å². The van der Waals surface area contributed by atoms with Crippen molar-refractivity contribution in [3.8, 4) is 0 Å². The van der Waals surface area contributed by atoms with Gasteiger partial charge in [-0.15, -0.1) is 12.6 Å². The number of rotatable bonds is 3. The molecular formula is C15H20O2S. The summed E-state index contributed by atoms with van der Waals surface area (Å²) >= 11 is 4.22. The third-order valence-electron chi connectivity index (χ3n) is 3.60. The Morgan fingerprint density at radius 2 is 1.94 bits per heavy atom. The van der Waals surface area contributed by atoms with Crippen LogP contribution in [0.25, 0.3) is 0 Å². The van der Waals surface area contributed by atoms with Crippen molar-refractivity contribution in [2.75, 3.05) is 0 Å². The molecule has 1 aromatic carbocycles. The first-order valence-corrected chi connectivity index (χ1v) is 7.07. The topological polar surface area (TPSA) is 26.3 Å². The number of hydrogen-bond acceptors (Lipinski definition) is 3. The lowest BCUT2D eigenvalue weighted by molar-refractivity contribution is -0.152. The van der Waals surface area contributed by atoms with Crippen LogP contribution in [0, 0.1) is 5.92 Å². The number of hydrogen-bond donors (Lipinski definition) is 1. The van der Waals surface area contributed by atoms with Gasteiger partial charge < -0.3 is 4.74 Å². The summed E-state index contributed by atoms with van der Waals surface area (Å²) in [5, 5.41) is 0. The molecule has 18 heavy (non-hydrogen) atoms. The molecule has 0 spiro atoms. The molecule has 1 saturated carbocycles. The molecule has 2 unspecified atom stereocenters. The first kappa shape index (κ1) is 13.5. The van der Waals surface area contributed by atoms with Gasteiger partial charge in [0.2, 0.25) is 0 Å². The Morgan fingerprint density at radius 1 is 1.28 bits per heavy atom. The number of ether oxygens (including phenoxy) is 1. The summed E-state index contributed by atoms with van der Waals surface area (Å²) < 4.78 is 5.58. The van der Waals surface area contributed by atoms with Crippen molar-refractivity contribution in [3.05, 3.63) is 29.8 Å². The molecule has 0 N–H and O–H groups in total. The van der Waals surface area contributed by atoms with Crippen molar-refractivity contribution >= 4 is 18.6 Å². The van der Waals surface area contributed by atoms with Gasteiger partial charge in [-0.25, -0.2) is 0 Å². The quantitative estimate of drug-likeness (QED) is 0.666. The Labute approximate surface area is 114 Å². The number of esters is 1. The molecule has 0 aromatic heterocycles. The zero-order chi connectivity index (χ0) is 13.0. The largest absolute Gasteiger partial charge is 0.462 e. The van der Waals surface area contributed by atoms with Gasteiger partial charge >= 0.3 is 5.97 Å². The smallest absolute Gasteiger partial charge is 0.310 e. The van der Waals surface area contributed by atoms with E-state index in [4.69, 9.17) is 4.74 Å². The third-order valence-corrected chi connectivity index (χ3v) is 3.90. The summed E-state index contributed by atoms with van der Waals surface area (Å²) in [4.78, 5) is 12.8. The highest BCUT2D eigenvalue weighted by Gasteiger charge is 2.24. The highest BCUT2D eigenvalue weighted by Crippen LogP contribution is 2.26. The minimum Gasteiger partial charge on any atom is -0.462 e. The normalized spacial score (nSPS) is 23.7. The van der Waals surface area contributed by atoms with E-state index in [9.17, 15) is 4.79 Å². The summed E-state index contributed by atoms with van der Waals surface area (Å²) in [6, 6.07) is 7.64. The fourth-order valence-corrected chi connectivity index (χ4v) is 2.60. The summed E-state index contributed by atoms with van der Waals surface area (Å²) in [6.45, 7) is 2.17. The minimum atomic E-state index is -0.110. The summed E-state index contributed by atoms with van der Waals surface area (Å²) in [5.74, 6) is 0.392. The Morgan fingerprint density at radius 3 is 2.61 bits per heavy atom. The van der Waals surface area contributed by atoms with Crippen molar-refractivity contribution in [2.24, 2.45) is 5.92 Å². The highest BCUT2D eigenvalue weighted by atomic mass is 32.1. The molecule has 2 rings (SSSR count). The molecule has 2 atom stereocenters. The number of benzene rings is 1. The molecule has 1 fully saturated rings. The molecule has 0 radical (unpaired) electrons. The van der Waals surface area contributed by atoms with Gasteiger partial charge in [-0.3, -0.25) is 4.79 Å². The second-order valence-corrected chi connectivity index (χ2v) is 5.65. The van der Waals surface area contributed by atoms with Gasteiger partial charge in [0.15, 0.2) is 0 Å². The Kier molecular flexibility index (Phi) is 4.70. The molecule has 0 heterocycles. The second-order valence-electron chi connectivity index (χ2n) is 5.13. The van der Waals surface area contributed by atoms with E-state index < -0.39 is 0 Å². The lowest BCUT2D eigenvalue weighted by atomic mass is 9.88. The average Bonchev–Trinajstić information content (AvgIpc) is 2.35. The van der Waals surface area contributed by atoms with Crippen LogP contribution in [-0.2, 0) is 16.0 Å². The van der Waals surface area contributed by atoms with Crippen molar-refractivity contribution in [2.45, 2.75) is 50.0 Å². The van der Waals surface area contributed by atoms with Crippen LogP contribution in [0.3, 0.4) is 0 Å². The molecule has 0 bridgehead atoms. The molecule has 2 nitrogen and oxygen atoms in total. The number of carbonyl (C=O) groups is 1. The monoisotopic (exact) mass is 264 g/mol. The Bertz CT molecular complexity index is 399. The fourth-order valence-electron chi connectivity index (χ4n) is 2.45. The summed E-state index contributed by atoms with van der Waals surface area (Å²) in [7, 11) is 0. The van der Waals surface area contributed by atoms with Crippen molar-refractivity contribution in [1.29, 1.82) is 0 Å². The van der Waals surface area contributed by atoms with Gasteiger partial charge in [0, 0.05) is 4.90 Å². The standard InChI is InChI=1S/C15H20O2S/c1-11-4-2-3-5-14(11)17-15(16)10-12-6-8-13(18)9-7-12/h6-9,11,14,18H,2-5,10H2,1H3. The first-order chi connectivity index (χ1) is 8.65. The van der Waals surface area contributed by atoms with E-state index in [-0.39, 0.29) is 12.1 Å². The molecule has 0 aliphatic heterocycles. The van der Waals surface area contributed by atoms with Crippen molar-refractivity contribution < 1.29 is 9.53 Å². The van der Waals surface area contributed by atoms with Crippen LogP contribution in [0.4, 0.5) is 0 Å².